The number of hydrogen-bond acceptors (Lipinski definition) is 7. The molecular weight excluding hydrogens is 344 g/mol. The van der Waals surface area contributed by atoms with Crippen LogP contribution in [0.15, 0.2) is 36.8 Å². The summed E-state index contributed by atoms with van der Waals surface area (Å²) in [7, 11) is 0. The first kappa shape index (κ1) is 17.5. The van der Waals surface area contributed by atoms with E-state index in [-0.39, 0.29) is 5.92 Å². The average molecular weight is 368 g/mol. The first-order chi connectivity index (χ1) is 13.2. The molecule has 1 N–H and O–H groups in total. The van der Waals surface area contributed by atoms with E-state index in [1.54, 1.807) is 6.33 Å². The van der Waals surface area contributed by atoms with Gasteiger partial charge in [-0.2, -0.15) is 0 Å². The van der Waals surface area contributed by atoms with Gasteiger partial charge in [-0.3, -0.25) is 4.79 Å². The van der Waals surface area contributed by atoms with E-state index in [2.05, 4.69) is 29.7 Å². The lowest BCUT2D eigenvalue weighted by molar-refractivity contribution is -0.142. The Kier molecular flexibility index (Phi) is 5.04. The smallest absolute Gasteiger partial charge is 0.306 e. The maximum atomic E-state index is 11.1. The van der Waals surface area contributed by atoms with Crippen molar-refractivity contribution in [2.45, 2.75) is 12.8 Å². The second-order valence-corrected chi connectivity index (χ2v) is 7.00. The second kappa shape index (κ2) is 7.77. The summed E-state index contributed by atoms with van der Waals surface area (Å²) in [5, 5.41) is 9.15. The van der Waals surface area contributed by atoms with Crippen LogP contribution in [0.25, 0.3) is 0 Å². The summed E-state index contributed by atoms with van der Waals surface area (Å²) >= 11 is 0. The number of hydrogen-bond donors (Lipinski definition) is 1. The predicted octanol–water partition coefficient (Wildman–Crippen LogP) is 1.50. The van der Waals surface area contributed by atoms with Gasteiger partial charge in [-0.05, 0) is 25.0 Å². The second-order valence-electron chi connectivity index (χ2n) is 7.00. The van der Waals surface area contributed by atoms with E-state index in [1.165, 1.54) is 0 Å². The third kappa shape index (κ3) is 3.94. The Balaban J connectivity index is 1.38. The SMILES string of the molecule is O=C(O)C1CCN(c2cc(N3CCN(c4ccccn4)CC3)ncn2)CC1. The molecule has 2 aliphatic heterocycles. The van der Waals surface area contributed by atoms with Gasteiger partial charge in [0, 0.05) is 51.5 Å². The van der Waals surface area contributed by atoms with E-state index in [0.29, 0.717) is 12.8 Å². The largest absolute Gasteiger partial charge is 0.481 e. The molecule has 0 unspecified atom stereocenters. The Hall–Kier alpha value is -2.90. The highest BCUT2D eigenvalue weighted by atomic mass is 16.4. The van der Waals surface area contributed by atoms with Crippen molar-refractivity contribution in [3.63, 3.8) is 0 Å². The molecule has 142 valence electrons. The first-order valence-electron chi connectivity index (χ1n) is 9.41. The highest BCUT2D eigenvalue weighted by Gasteiger charge is 2.26. The van der Waals surface area contributed by atoms with Crippen LogP contribution < -0.4 is 14.7 Å². The standard InChI is InChI=1S/C19H24N6O2/c26-19(27)15-4-7-23(8-5-15)17-13-18(22-14-21-17)25-11-9-24(10-12-25)16-3-1-2-6-20-16/h1-3,6,13-15H,4-5,7-12H2,(H,26,27). The van der Waals surface area contributed by atoms with E-state index in [4.69, 9.17) is 5.11 Å². The minimum absolute atomic E-state index is 0.234. The zero-order valence-corrected chi connectivity index (χ0v) is 15.2. The summed E-state index contributed by atoms with van der Waals surface area (Å²) in [6, 6.07) is 8.01. The van der Waals surface area contributed by atoms with Crippen LogP contribution in [0.4, 0.5) is 17.5 Å². The molecule has 8 heteroatoms. The van der Waals surface area contributed by atoms with E-state index >= 15 is 0 Å². The van der Waals surface area contributed by atoms with E-state index in [9.17, 15) is 4.79 Å². The summed E-state index contributed by atoms with van der Waals surface area (Å²) in [4.78, 5) is 31.1. The van der Waals surface area contributed by atoms with Crippen molar-refractivity contribution in [1.29, 1.82) is 0 Å². The van der Waals surface area contributed by atoms with E-state index in [1.807, 2.05) is 30.5 Å². The Morgan fingerprint density at radius 3 is 2.00 bits per heavy atom. The molecular formula is C19H24N6O2. The lowest BCUT2D eigenvalue weighted by Gasteiger charge is -2.36. The van der Waals surface area contributed by atoms with Crippen molar-refractivity contribution in [2.75, 3.05) is 54.0 Å². The molecule has 2 aromatic heterocycles. The number of anilines is 3. The van der Waals surface area contributed by atoms with Crippen molar-refractivity contribution in [1.82, 2.24) is 15.0 Å². The summed E-state index contributed by atoms with van der Waals surface area (Å²) < 4.78 is 0. The van der Waals surface area contributed by atoms with Gasteiger partial charge in [0.2, 0.25) is 0 Å². The number of nitrogens with zero attached hydrogens (tertiary/aromatic N) is 6. The molecule has 4 rings (SSSR count). The van der Waals surface area contributed by atoms with Gasteiger partial charge in [0.05, 0.1) is 5.92 Å². The molecule has 2 aliphatic rings. The van der Waals surface area contributed by atoms with Crippen LogP contribution in [0, 0.1) is 5.92 Å². The van der Waals surface area contributed by atoms with E-state index in [0.717, 1.165) is 56.7 Å². The fraction of sp³-hybridized carbons (Fsp3) is 0.474. The van der Waals surface area contributed by atoms with Gasteiger partial charge in [-0.1, -0.05) is 6.07 Å². The zero-order valence-electron chi connectivity index (χ0n) is 15.2. The molecule has 2 fully saturated rings. The first-order valence-corrected chi connectivity index (χ1v) is 9.41. The number of carbonyl (C=O) groups is 1. The van der Waals surface area contributed by atoms with Gasteiger partial charge < -0.3 is 19.8 Å². The molecule has 2 aromatic rings. The molecule has 27 heavy (non-hydrogen) atoms. The molecule has 0 amide bonds. The number of piperazine rings is 1. The molecule has 0 atom stereocenters. The average Bonchev–Trinajstić information content (AvgIpc) is 2.75. The summed E-state index contributed by atoms with van der Waals surface area (Å²) in [6.07, 6.45) is 4.76. The van der Waals surface area contributed by atoms with Crippen molar-refractivity contribution >= 4 is 23.4 Å². The molecule has 4 heterocycles. The number of pyridine rings is 1. The topological polar surface area (TPSA) is 85.7 Å². The van der Waals surface area contributed by atoms with Crippen molar-refractivity contribution in [3.8, 4) is 0 Å². The van der Waals surface area contributed by atoms with Crippen LogP contribution in [0.1, 0.15) is 12.8 Å². The highest BCUT2D eigenvalue weighted by Crippen LogP contribution is 2.25. The van der Waals surface area contributed by atoms with Gasteiger partial charge >= 0.3 is 5.97 Å². The number of carboxylic acids is 1. The number of aromatic nitrogens is 3. The molecule has 8 nitrogen and oxygen atoms in total. The lowest BCUT2D eigenvalue weighted by Crippen LogP contribution is -2.47. The van der Waals surface area contributed by atoms with E-state index < -0.39 is 5.97 Å². The van der Waals surface area contributed by atoms with Gasteiger partial charge in [0.1, 0.15) is 23.8 Å². The van der Waals surface area contributed by atoms with Gasteiger partial charge in [-0.25, -0.2) is 15.0 Å². The summed E-state index contributed by atoms with van der Waals surface area (Å²) in [6.45, 7) is 5.02. The minimum Gasteiger partial charge on any atom is -0.481 e. The quantitative estimate of drug-likeness (QED) is 0.869. The number of carboxylic acid groups (broad SMARTS) is 1. The molecule has 0 spiro atoms. The maximum Gasteiger partial charge on any atom is 0.306 e. The molecule has 0 saturated carbocycles. The van der Waals surface area contributed by atoms with Crippen LogP contribution in [-0.4, -0.2) is 65.3 Å². The van der Waals surface area contributed by atoms with Crippen LogP contribution in [0.3, 0.4) is 0 Å². The van der Waals surface area contributed by atoms with Gasteiger partial charge in [0.15, 0.2) is 0 Å². The Morgan fingerprint density at radius 1 is 0.852 bits per heavy atom. The molecule has 0 bridgehead atoms. The monoisotopic (exact) mass is 368 g/mol. The van der Waals surface area contributed by atoms with Crippen LogP contribution in [0.2, 0.25) is 0 Å². The number of aliphatic carboxylic acids is 1. The molecule has 2 saturated heterocycles. The fourth-order valence-electron chi connectivity index (χ4n) is 3.74. The normalized spacial score (nSPS) is 18.6. The van der Waals surface area contributed by atoms with Gasteiger partial charge in [-0.15, -0.1) is 0 Å². The van der Waals surface area contributed by atoms with Crippen LogP contribution in [0.5, 0.6) is 0 Å². The van der Waals surface area contributed by atoms with Crippen molar-refractivity contribution < 1.29 is 9.90 Å². The fourth-order valence-corrected chi connectivity index (χ4v) is 3.74. The number of rotatable bonds is 4. The zero-order chi connectivity index (χ0) is 18.6. The van der Waals surface area contributed by atoms with Crippen LogP contribution in [-0.2, 0) is 4.79 Å². The summed E-state index contributed by atoms with van der Waals surface area (Å²) in [5.74, 6) is 1.91. The Bertz CT molecular complexity index is 771. The maximum absolute atomic E-state index is 11.1. The Morgan fingerprint density at radius 2 is 1.44 bits per heavy atom. The third-order valence-corrected chi connectivity index (χ3v) is 5.38. The third-order valence-electron chi connectivity index (χ3n) is 5.38. The minimum atomic E-state index is -0.691. The van der Waals surface area contributed by atoms with Gasteiger partial charge in [0.25, 0.3) is 0 Å². The highest BCUT2D eigenvalue weighted by molar-refractivity contribution is 5.70. The summed E-state index contributed by atoms with van der Waals surface area (Å²) in [5.41, 5.74) is 0. The molecule has 0 aromatic carbocycles. The molecule has 0 radical (unpaired) electrons. The number of piperidine rings is 1. The molecule has 0 aliphatic carbocycles. The Labute approximate surface area is 158 Å². The predicted molar refractivity (Wildman–Crippen MR) is 103 cm³/mol. The lowest BCUT2D eigenvalue weighted by atomic mass is 9.97. The van der Waals surface area contributed by atoms with Crippen LogP contribution >= 0.6 is 0 Å². The van der Waals surface area contributed by atoms with Crippen molar-refractivity contribution in [3.05, 3.63) is 36.8 Å². The van der Waals surface area contributed by atoms with Crippen molar-refractivity contribution in [2.24, 2.45) is 5.92 Å².